The zero-order valence-electron chi connectivity index (χ0n) is 14.1. The monoisotopic (exact) mass is 310 g/mol. The maximum atomic E-state index is 11.0. The lowest BCUT2D eigenvalue weighted by molar-refractivity contribution is -0.118. The number of primary amides is 1. The molecule has 3 heteroatoms. The predicted octanol–water partition coefficient (Wildman–Crippen LogP) is 3.57. The molecule has 0 saturated heterocycles. The first kappa shape index (κ1) is 17.2. The largest absolute Gasteiger partial charge is 0.370 e. The fourth-order valence-electron chi connectivity index (χ4n) is 2.59. The minimum Gasteiger partial charge on any atom is -0.370 e. The van der Waals surface area contributed by atoms with Crippen molar-refractivity contribution >= 4 is 5.91 Å². The van der Waals surface area contributed by atoms with E-state index in [0.29, 0.717) is 6.42 Å². The summed E-state index contributed by atoms with van der Waals surface area (Å²) in [5, 5.41) is 0. The van der Waals surface area contributed by atoms with Gasteiger partial charge < -0.3 is 5.73 Å². The molecule has 0 aliphatic rings. The van der Waals surface area contributed by atoms with Gasteiger partial charge in [-0.05, 0) is 37.9 Å². The highest BCUT2D eigenvalue weighted by Crippen LogP contribution is 2.13. The van der Waals surface area contributed by atoms with Gasteiger partial charge in [0, 0.05) is 19.5 Å². The predicted molar refractivity (Wildman–Crippen MR) is 94.9 cm³/mol. The van der Waals surface area contributed by atoms with E-state index in [2.05, 4.69) is 67.3 Å². The Morgan fingerprint density at radius 2 is 1.30 bits per heavy atom. The summed E-state index contributed by atoms with van der Waals surface area (Å²) in [7, 11) is 0. The molecule has 0 bridgehead atoms. The summed E-state index contributed by atoms with van der Waals surface area (Å²) >= 11 is 0. The highest BCUT2D eigenvalue weighted by atomic mass is 16.1. The second kappa shape index (κ2) is 8.49. The van der Waals surface area contributed by atoms with Crippen LogP contribution in [0.4, 0.5) is 0 Å². The van der Waals surface area contributed by atoms with Gasteiger partial charge in [-0.2, -0.15) is 0 Å². The number of amides is 1. The van der Waals surface area contributed by atoms with E-state index >= 15 is 0 Å². The van der Waals surface area contributed by atoms with E-state index in [-0.39, 0.29) is 5.91 Å². The molecule has 2 N–H and O–H groups in total. The van der Waals surface area contributed by atoms with Crippen molar-refractivity contribution < 1.29 is 4.79 Å². The summed E-state index contributed by atoms with van der Waals surface area (Å²) in [4.78, 5) is 13.3. The van der Waals surface area contributed by atoms with Crippen molar-refractivity contribution in [1.82, 2.24) is 4.90 Å². The maximum Gasteiger partial charge on any atom is 0.217 e. The lowest BCUT2D eigenvalue weighted by Gasteiger charge is -2.22. The molecule has 0 atom stereocenters. The van der Waals surface area contributed by atoms with Gasteiger partial charge in [0.15, 0.2) is 0 Å². The molecular weight excluding hydrogens is 284 g/mol. The molecule has 0 saturated carbocycles. The van der Waals surface area contributed by atoms with Crippen LogP contribution in [0.2, 0.25) is 0 Å². The van der Waals surface area contributed by atoms with Gasteiger partial charge in [-0.3, -0.25) is 9.69 Å². The van der Waals surface area contributed by atoms with E-state index < -0.39 is 0 Å². The highest BCUT2D eigenvalue weighted by molar-refractivity contribution is 5.73. The molecule has 0 unspecified atom stereocenters. The highest BCUT2D eigenvalue weighted by Gasteiger charge is 2.08. The number of hydrogen-bond acceptors (Lipinski definition) is 2. The van der Waals surface area contributed by atoms with Crippen molar-refractivity contribution in [2.75, 3.05) is 6.54 Å². The zero-order valence-corrected chi connectivity index (χ0v) is 14.1. The van der Waals surface area contributed by atoms with E-state index in [4.69, 9.17) is 5.73 Å². The lowest BCUT2D eigenvalue weighted by Crippen LogP contribution is -2.25. The number of hydrogen-bond donors (Lipinski definition) is 1. The standard InChI is InChI=1S/C20H26N2O/c1-16-5-9-18(10-6-16)14-22(13-3-4-20(21)23)15-19-11-7-17(2)8-12-19/h5-12H,3-4,13-15H2,1-2H3,(H2,21,23). The number of benzene rings is 2. The summed E-state index contributed by atoms with van der Waals surface area (Å²) in [5.74, 6) is -0.226. The van der Waals surface area contributed by atoms with Crippen LogP contribution in [-0.2, 0) is 17.9 Å². The van der Waals surface area contributed by atoms with Crippen molar-refractivity contribution in [3.05, 3.63) is 70.8 Å². The Hall–Kier alpha value is -2.13. The van der Waals surface area contributed by atoms with E-state index in [1.807, 2.05) is 0 Å². The van der Waals surface area contributed by atoms with Crippen LogP contribution in [0.5, 0.6) is 0 Å². The van der Waals surface area contributed by atoms with Gasteiger partial charge in [0.25, 0.3) is 0 Å². The first-order valence-electron chi connectivity index (χ1n) is 8.14. The van der Waals surface area contributed by atoms with Crippen LogP contribution in [0.1, 0.15) is 35.1 Å². The summed E-state index contributed by atoms with van der Waals surface area (Å²) < 4.78 is 0. The normalized spacial score (nSPS) is 10.9. The minimum absolute atomic E-state index is 0.226. The van der Waals surface area contributed by atoms with E-state index in [9.17, 15) is 4.79 Å². The van der Waals surface area contributed by atoms with Crippen molar-refractivity contribution in [2.45, 2.75) is 39.8 Å². The van der Waals surface area contributed by atoms with Gasteiger partial charge in [0.2, 0.25) is 5.91 Å². The average molecular weight is 310 g/mol. The van der Waals surface area contributed by atoms with Gasteiger partial charge in [-0.25, -0.2) is 0 Å². The SMILES string of the molecule is Cc1ccc(CN(CCCC(N)=O)Cc2ccc(C)cc2)cc1. The zero-order chi connectivity index (χ0) is 16.7. The third kappa shape index (κ3) is 6.25. The number of nitrogens with two attached hydrogens (primary N) is 1. The minimum atomic E-state index is -0.226. The number of carbonyl (C=O) groups excluding carboxylic acids is 1. The summed E-state index contributed by atoms with van der Waals surface area (Å²) in [6.07, 6.45) is 1.24. The van der Waals surface area contributed by atoms with Crippen LogP contribution in [0.3, 0.4) is 0 Å². The third-order valence-electron chi connectivity index (χ3n) is 3.95. The van der Waals surface area contributed by atoms with Crippen LogP contribution in [0.15, 0.2) is 48.5 Å². The first-order valence-corrected chi connectivity index (χ1v) is 8.14. The van der Waals surface area contributed by atoms with Crippen LogP contribution in [0.25, 0.3) is 0 Å². The number of nitrogens with zero attached hydrogens (tertiary/aromatic N) is 1. The molecule has 0 aliphatic heterocycles. The van der Waals surface area contributed by atoms with Crippen molar-refractivity contribution in [3.8, 4) is 0 Å². The number of aryl methyl sites for hydroxylation is 2. The van der Waals surface area contributed by atoms with E-state index in [1.165, 1.54) is 22.3 Å². The molecule has 122 valence electrons. The summed E-state index contributed by atoms with van der Waals surface area (Å²) in [6.45, 7) is 6.83. The van der Waals surface area contributed by atoms with Gasteiger partial charge in [0.1, 0.15) is 0 Å². The number of carbonyl (C=O) groups is 1. The number of rotatable bonds is 8. The molecule has 2 aromatic rings. The maximum absolute atomic E-state index is 11.0. The molecule has 23 heavy (non-hydrogen) atoms. The fraction of sp³-hybridized carbons (Fsp3) is 0.350. The molecule has 3 nitrogen and oxygen atoms in total. The van der Waals surface area contributed by atoms with Crippen molar-refractivity contribution in [1.29, 1.82) is 0 Å². The molecule has 0 heterocycles. The molecule has 0 fully saturated rings. The molecule has 1 amide bonds. The Labute approximate surface area is 139 Å². The molecule has 2 rings (SSSR count). The molecule has 0 radical (unpaired) electrons. The summed E-state index contributed by atoms with van der Waals surface area (Å²) in [6, 6.07) is 17.3. The van der Waals surface area contributed by atoms with E-state index in [0.717, 1.165) is 26.1 Å². The summed E-state index contributed by atoms with van der Waals surface area (Å²) in [5.41, 5.74) is 10.4. The van der Waals surface area contributed by atoms with Crippen LogP contribution in [0, 0.1) is 13.8 Å². The van der Waals surface area contributed by atoms with Crippen molar-refractivity contribution in [2.24, 2.45) is 5.73 Å². The van der Waals surface area contributed by atoms with Crippen LogP contribution >= 0.6 is 0 Å². The van der Waals surface area contributed by atoms with Crippen LogP contribution < -0.4 is 5.73 Å². The Balaban J connectivity index is 2.02. The second-order valence-corrected chi connectivity index (χ2v) is 6.25. The topological polar surface area (TPSA) is 46.3 Å². The second-order valence-electron chi connectivity index (χ2n) is 6.25. The Morgan fingerprint density at radius 1 is 0.870 bits per heavy atom. The molecule has 0 aromatic heterocycles. The van der Waals surface area contributed by atoms with E-state index in [1.54, 1.807) is 0 Å². The van der Waals surface area contributed by atoms with Gasteiger partial charge in [-0.15, -0.1) is 0 Å². The third-order valence-corrected chi connectivity index (χ3v) is 3.95. The van der Waals surface area contributed by atoms with Gasteiger partial charge in [-0.1, -0.05) is 59.7 Å². The lowest BCUT2D eigenvalue weighted by atomic mass is 10.1. The fourth-order valence-corrected chi connectivity index (χ4v) is 2.59. The van der Waals surface area contributed by atoms with Crippen LogP contribution in [-0.4, -0.2) is 17.4 Å². The van der Waals surface area contributed by atoms with Gasteiger partial charge in [0.05, 0.1) is 0 Å². The molecule has 0 aliphatic carbocycles. The molecular formula is C20H26N2O. The quantitative estimate of drug-likeness (QED) is 0.810. The average Bonchev–Trinajstić information content (AvgIpc) is 2.51. The Bertz CT molecular complexity index is 570. The van der Waals surface area contributed by atoms with Crippen molar-refractivity contribution in [3.63, 3.8) is 0 Å². The first-order chi connectivity index (χ1) is 11.0. The van der Waals surface area contributed by atoms with Gasteiger partial charge >= 0.3 is 0 Å². The Morgan fingerprint density at radius 3 is 1.70 bits per heavy atom. The smallest absolute Gasteiger partial charge is 0.217 e. The Kier molecular flexibility index (Phi) is 6.36. The molecule has 0 spiro atoms. The molecule has 2 aromatic carbocycles.